The summed E-state index contributed by atoms with van der Waals surface area (Å²) in [6.07, 6.45) is 5.67. The van der Waals surface area contributed by atoms with Gasteiger partial charge in [-0.3, -0.25) is 0 Å². The maximum atomic E-state index is 3.77. The molecule has 1 radical (unpaired) electrons. The van der Waals surface area contributed by atoms with Gasteiger partial charge in [-0.2, -0.15) is 0 Å². The maximum Gasteiger partial charge on any atom is -0.0323 e. The van der Waals surface area contributed by atoms with Gasteiger partial charge in [-0.1, -0.05) is 25.0 Å². The van der Waals surface area contributed by atoms with Gasteiger partial charge in [-0.15, -0.1) is 0 Å². The quantitative estimate of drug-likeness (QED) is 0.491. The summed E-state index contributed by atoms with van der Waals surface area (Å²) in [4.78, 5) is 0. The van der Waals surface area contributed by atoms with E-state index in [4.69, 9.17) is 0 Å². The summed E-state index contributed by atoms with van der Waals surface area (Å²) in [6.45, 7) is 8.09. The summed E-state index contributed by atoms with van der Waals surface area (Å²) in [6, 6.07) is 0. The van der Waals surface area contributed by atoms with Crippen molar-refractivity contribution in [1.82, 2.24) is 0 Å². The van der Waals surface area contributed by atoms with Crippen LogP contribution in [0.1, 0.15) is 33.1 Å². The van der Waals surface area contributed by atoms with Gasteiger partial charge in [0.15, 0.2) is 0 Å². The predicted octanol–water partition coefficient (Wildman–Crippen LogP) is 2.96. The van der Waals surface area contributed by atoms with Crippen LogP contribution in [0.5, 0.6) is 0 Å². The minimum Gasteiger partial charge on any atom is -0.0856 e. The van der Waals surface area contributed by atoms with Gasteiger partial charge >= 0.3 is 0 Å². The molecular formula is C8H15. The molecule has 0 aromatic heterocycles. The SMILES string of the molecule is [CH2]CC(C)=CCCC. The van der Waals surface area contributed by atoms with Crippen molar-refractivity contribution in [3.63, 3.8) is 0 Å². The second kappa shape index (κ2) is 4.89. The zero-order chi connectivity index (χ0) is 6.41. The number of unbranched alkanes of at least 4 members (excludes halogenated alkanes) is 1. The molecule has 0 nitrogen and oxygen atoms in total. The highest BCUT2D eigenvalue weighted by atomic mass is 13.9. The highest BCUT2D eigenvalue weighted by molar-refractivity contribution is 4.97. The monoisotopic (exact) mass is 111 g/mol. The van der Waals surface area contributed by atoms with Crippen molar-refractivity contribution in [3.8, 4) is 0 Å². The van der Waals surface area contributed by atoms with Gasteiger partial charge in [0.2, 0.25) is 0 Å². The Labute approximate surface area is 52.6 Å². The molecule has 0 N–H and O–H groups in total. The van der Waals surface area contributed by atoms with Crippen LogP contribution in [0.3, 0.4) is 0 Å². The standard InChI is InChI=1S/C8H15/c1-4-6-7-8(3)5-2/h7H,2,4-6H2,1,3H3. The molecule has 0 rings (SSSR count). The lowest BCUT2D eigenvalue weighted by Crippen LogP contribution is -1.70. The lowest BCUT2D eigenvalue weighted by atomic mass is 10.2. The zero-order valence-electron chi connectivity index (χ0n) is 5.91. The van der Waals surface area contributed by atoms with Gasteiger partial charge in [0.05, 0.1) is 0 Å². The first-order valence-electron chi connectivity index (χ1n) is 3.26. The summed E-state index contributed by atoms with van der Waals surface area (Å²) in [7, 11) is 0. The fourth-order valence-corrected chi connectivity index (χ4v) is 0.493. The molecule has 0 unspecified atom stereocenters. The number of hydrogen-bond donors (Lipinski definition) is 0. The Morgan fingerprint density at radius 2 is 2.25 bits per heavy atom. The first kappa shape index (κ1) is 7.74. The van der Waals surface area contributed by atoms with Crippen molar-refractivity contribution in [2.75, 3.05) is 0 Å². The fourth-order valence-electron chi connectivity index (χ4n) is 0.493. The summed E-state index contributed by atoms with van der Waals surface area (Å²) in [5.41, 5.74) is 1.41. The molecule has 0 heteroatoms. The van der Waals surface area contributed by atoms with Crippen LogP contribution >= 0.6 is 0 Å². The molecule has 0 amide bonds. The summed E-state index contributed by atoms with van der Waals surface area (Å²) in [5, 5.41) is 0. The molecule has 0 aliphatic rings. The molecule has 0 aromatic rings. The topological polar surface area (TPSA) is 0 Å². The van der Waals surface area contributed by atoms with E-state index >= 15 is 0 Å². The van der Waals surface area contributed by atoms with Crippen molar-refractivity contribution < 1.29 is 0 Å². The summed E-state index contributed by atoms with van der Waals surface area (Å²) >= 11 is 0. The molecule has 0 spiro atoms. The Kier molecular flexibility index (Phi) is 4.73. The average Bonchev–Trinajstić information content (AvgIpc) is 1.83. The smallest absolute Gasteiger partial charge is 0.0323 e. The normalized spacial score (nSPS) is 12.1. The van der Waals surface area contributed by atoms with Crippen LogP contribution in [0.15, 0.2) is 11.6 Å². The molecule has 8 heavy (non-hydrogen) atoms. The van der Waals surface area contributed by atoms with Crippen LogP contribution in [-0.4, -0.2) is 0 Å². The van der Waals surface area contributed by atoms with Crippen LogP contribution < -0.4 is 0 Å². The van der Waals surface area contributed by atoms with Crippen molar-refractivity contribution in [2.45, 2.75) is 33.1 Å². The predicted molar refractivity (Wildman–Crippen MR) is 38.6 cm³/mol. The summed E-state index contributed by atoms with van der Waals surface area (Å²) in [5.74, 6) is 0. The van der Waals surface area contributed by atoms with E-state index in [1.165, 1.54) is 18.4 Å². The van der Waals surface area contributed by atoms with Gasteiger partial charge in [-0.05, 0) is 26.7 Å². The van der Waals surface area contributed by atoms with Crippen molar-refractivity contribution in [2.24, 2.45) is 0 Å². The third kappa shape index (κ3) is 3.91. The molecule has 0 atom stereocenters. The Morgan fingerprint density at radius 1 is 1.62 bits per heavy atom. The van der Waals surface area contributed by atoms with Crippen molar-refractivity contribution >= 4 is 0 Å². The molecule has 0 bridgehead atoms. The molecule has 0 saturated heterocycles. The van der Waals surface area contributed by atoms with E-state index < -0.39 is 0 Å². The summed E-state index contributed by atoms with van der Waals surface area (Å²) < 4.78 is 0. The zero-order valence-corrected chi connectivity index (χ0v) is 5.91. The first-order chi connectivity index (χ1) is 3.81. The van der Waals surface area contributed by atoms with Crippen molar-refractivity contribution in [3.05, 3.63) is 18.6 Å². The fraction of sp³-hybridized carbons (Fsp3) is 0.625. The van der Waals surface area contributed by atoms with E-state index in [-0.39, 0.29) is 0 Å². The van der Waals surface area contributed by atoms with Crippen LogP contribution in [0.2, 0.25) is 0 Å². The van der Waals surface area contributed by atoms with Gasteiger partial charge in [-0.25, -0.2) is 0 Å². The second-order valence-corrected chi connectivity index (χ2v) is 2.09. The van der Waals surface area contributed by atoms with E-state index in [0.717, 1.165) is 6.42 Å². The van der Waals surface area contributed by atoms with Gasteiger partial charge < -0.3 is 0 Å². The van der Waals surface area contributed by atoms with E-state index in [2.05, 4.69) is 26.8 Å². The number of rotatable bonds is 3. The highest BCUT2D eigenvalue weighted by Crippen LogP contribution is 2.00. The van der Waals surface area contributed by atoms with Gasteiger partial charge in [0.1, 0.15) is 0 Å². The van der Waals surface area contributed by atoms with Gasteiger partial charge in [0.25, 0.3) is 0 Å². The molecule has 0 aliphatic carbocycles. The third-order valence-corrected chi connectivity index (χ3v) is 1.18. The molecular weight excluding hydrogens is 96.1 g/mol. The lowest BCUT2D eigenvalue weighted by Gasteiger charge is -1.91. The Bertz CT molecular complexity index is 70.1. The Morgan fingerprint density at radius 3 is 2.62 bits per heavy atom. The second-order valence-electron chi connectivity index (χ2n) is 2.09. The lowest BCUT2D eigenvalue weighted by molar-refractivity contribution is 0.942. The first-order valence-corrected chi connectivity index (χ1v) is 3.26. The third-order valence-electron chi connectivity index (χ3n) is 1.18. The molecule has 0 saturated carbocycles. The molecule has 0 aromatic carbocycles. The molecule has 0 heterocycles. The molecule has 0 fully saturated rings. The van der Waals surface area contributed by atoms with Crippen LogP contribution in [0.4, 0.5) is 0 Å². The Hall–Kier alpha value is -0.260. The van der Waals surface area contributed by atoms with Crippen LogP contribution in [0, 0.1) is 6.92 Å². The van der Waals surface area contributed by atoms with E-state index in [0.29, 0.717) is 0 Å². The minimum absolute atomic E-state index is 0.958. The van der Waals surface area contributed by atoms with Gasteiger partial charge in [0, 0.05) is 0 Å². The highest BCUT2D eigenvalue weighted by Gasteiger charge is 1.79. The van der Waals surface area contributed by atoms with E-state index in [1.54, 1.807) is 0 Å². The molecule has 47 valence electrons. The average molecular weight is 111 g/mol. The number of hydrogen-bond acceptors (Lipinski definition) is 0. The minimum atomic E-state index is 0.958. The Balaban J connectivity index is 3.26. The molecule has 0 aliphatic heterocycles. The van der Waals surface area contributed by atoms with Crippen LogP contribution in [-0.2, 0) is 0 Å². The van der Waals surface area contributed by atoms with Crippen LogP contribution in [0.25, 0.3) is 0 Å². The van der Waals surface area contributed by atoms with Crippen molar-refractivity contribution in [1.29, 1.82) is 0 Å². The largest absolute Gasteiger partial charge is 0.0856 e. The number of allylic oxidation sites excluding steroid dienone is 2. The van der Waals surface area contributed by atoms with E-state index in [1.807, 2.05) is 0 Å². The maximum absolute atomic E-state index is 3.77. The van der Waals surface area contributed by atoms with E-state index in [9.17, 15) is 0 Å².